The van der Waals surface area contributed by atoms with Crippen molar-refractivity contribution in [2.45, 2.75) is 51.8 Å². The highest BCUT2D eigenvalue weighted by Crippen LogP contribution is 2.42. The van der Waals surface area contributed by atoms with E-state index in [1.54, 1.807) is 0 Å². The summed E-state index contributed by atoms with van der Waals surface area (Å²) in [5, 5.41) is 3.39. The quantitative estimate of drug-likeness (QED) is 0.223. The maximum Gasteiger partial charge on any atom is 0.215 e. The molecule has 0 radical (unpaired) electrons. The Bertz CT molecular complexity index is 1680. The first kappa shape index (κ1) is 26.4. The number of benzene rings is 2. The molecule has 0 amide bonds. The van der Waals surface area contributed by atoms with Gasteiger partial charge in [-0.15, -0.1) is 0 Å². The van der Waals surface area contributed by atoms with E-state index < -0.39 is 0 Å². The number of hydrogen-bond acceptors (Lipinski definition) is 8. The highest BCUT2D eigenvalue weighted by Gasteiger charge is 2.32. The van der Waals surface area contributed by atoms with Crippen LogP contribution in [-0.4, -0.2) is 50.3 Å². The van der Waals surface area contributed by atoms with Gasteiger partial charge in [-0.1, -0.05) is 36.4 Å². The number of pyridine rings is 1. The van der Waals surface area contributed by atoms with E-state index in [-0.39, 0.29) is 6.04 Å². The van der Waals surface area contributed by atoms with Crippen LogP contribution < -0.4 is 15.0 Å². The lowest BCUT2D eigenvalue weighted by molar-refractivity contribution is 0.0987. The smallest absolute Gasteiger partial charge is 0.215 e. The summed E-state index contributed by atoms with van der Waals surface area (Å²) < 4.78 is 13.9. The summed E-state index contributed by atoms with van der Waals surface area (Å²) in [6, 6.07) is 24.2. The number of nitrogens with zero attached hydrogens (tertiary/aromatic N) is 6. The highest BCUT2D eigenvalue weighted by atomic mass is 16.5. The number of aromatic nitrogens is 5. The number of aryl methyl sites for hydroxylation is 1. The predicted octanol–water partition coefficient (Wildman–Crippen LogP) is 6.33. The van der Waals surface area contributed by atoms with E-state index in [0.29, 0.717) is 43.3 Å². The van der Waals surface area contributed by atoms with Gasteiger partial charge in [0.25, 0.3) is 0 Å². The molecule has 1 atom stereocenters. The van der Waals surface area contributed by atoms with E-state index in [9.17, 15) is 0 Å². The van der Waals surface area contributed by atoms with E-state index in [4.69, 9.17) is 24.4 Å². The number of rotatable bonds is 9. The van der Waals surface area contributed by atoms with Crippen LogP contribution in [-0.2, 0) is 17.9 Å². The van der Waals surface area contributed by atoms with Crippen LogP contribution in [0.5, 0.6) is 5.88 Å². The third kappa shape index (κ3) is 5.39. The highest BCUT2D eigenvalue weighted by molar-refractivity contribution is 5.87. The molecule has 2 aromatic carbocycles. The Morgan fingerprint density at radius 3 is 2.52 bits per heavy atom. The Morgan fingerprint density at radius 2 is 1.76 bits per heavy atom. The molecule has 214 valence electrons. The summed E-state index contributed by atoms with van der Waals surface area (Å²) in [6.07, 6.45) is 2.39. The van der Waals surface area contributed by atoms with Gasteiger partial charge < -0.3 is 24.3 Å². The largest absolute Gasteiger partial charge is 0.473 e. The van der Waals surface area contributed by atoms with Crippen LogP contribution in [0, 0.1) is 0 Å². The second-order valence-corrected chi connectivity index (χ2v) is 11.0. The summed E-state index contributed by atoms with van der Waals surface area (Å²) in [5.41, 5.74) is 4.79. The lowest BCUT2D eigenvalue weighted by atomic mass is 10.2. The Labute approximate surface area is 245 Å². The second kappa shape index (κ2) is 11.4. The fourth-order valence-corrected chi connectivity index (χ4v) is 5.49. The Balaban J connectivity index is 1.16. The molecule has 0 spiro atoms. The van der Waals surface area contributed by atoms with Crippen molar-refractivity contribution in [3.05, 3.63) is 84.2 Å². The molecule has 7 rings (SSSR count). The summed E-state index contributed by atoms with van der Waals surface area (Å²) in [6.45, 7) is 7.80. The summed E-state index contributed by atoms with van der Waals surface area (Å²) in [7, 11) is 0. The average molecular weight is 562 g/mol. The number of hydrogen-bond donors (Lipinski definition) is 1. The number of fused-ring (bicyclic) bond motifs is 1. The van der Waals surface area contributed by atoms with Gasteiger partial charge in [-0.25, -0.2) is 15.0 Å². The van der Waals surface area contributed by atoms with Gasteiger partial charge in [-0.05, 0) is 62.6 Å². The lowest BCUT2D eigenvalue weighted by Crippen LogP contribution is -2.44. The van der Waals surface area contributed by atoms with E-state index in [1.807, 2.05) is 60.7 Å². The minimum atomic E-state index is 0.215. The van der Waals surface area contributed by atoms with Crippen LogP contribution in [0.4, 0.5) is 17.3 Å². The molecule has 4 heterocycles. The molecule has 5 aromatic rings. The summed E-state index contributed by atoms with van der Waals surface area (Å²) >= 11 is 0. The van der Waals surface area contributed by atoms with Crippen molar-refractivity contribution in [2.24, 2.45) is 0 Å². The molecule has 2 aliphatic rings. The van der Waals surface area contributed by atoms with Gasteiger partial charge in [0.05, 0.1) is 19.3 Å². The van der Waals surface area contributed by atoms with E-state index in [2.05, 4.69) is 45.7 Å². The van der Waals surface area contributed by atoms with Gasteiger partial charge >= 0.3 is 0 Å². The van der Waals surface area contributed by atoms with Crippen LogP contribution in [0.1, 0.15) is 44.0 Å². The fourth-order valence-electron chi connectivity index (χ4n) is 5.49. The van der Waals surface area contributed by atoms with Crippen molar-refractivity contribution >= 4 is 28.5 Å². The molecule has 9 heteroatoms. The number of nitrogens with one attached hydrogen (secondary N) is 1. The molecular weight excluding hydrogens is 526 g/mol. The number of imidazole rings is 1. The molecule has 1 aliphatic heterocycles. The number of morpholine rings is 1. The number of ether oxygens (including phenoxy) is 2. The minimum Gasteiger partial charge on any atom is -0.473 e. The summed E-state index contributed by atoms with van der Waals surface area (Å²) in [5.74, 6) is 4.56. The van der Waals surface area contributed by atoms with Crippen molar-refractivity contribution in [1.29, 1.82) is 0 Å². The first-order chi connectivity index (χ1) is 20.7. The Morgan fingerprint density at radius 1 is 0.929 bits per heavy atom. The molecule has 1 N–H and O–H groups in total. The van der Waals surface area contributed by atoms with Crippen molar-refractivity contribution in [2.75, 3.05) is 30.0 Å². The normalized spacial score (nSPS) is 17.0. The van der Waals surface area contributed by atoms with Gasteiger partial charge in [0.1, 0.15) is 18.2 Å². The Kier molecular flexibility index (Phi) is 7.17. The molecule has 42 heavy (non-hydrogen) atoms. The number of anilines is 3. The van der Waals surface area contributed by atoms with Gasteiger partial charge in [0.15, 0.2) is 22.8 Å². The van der Waals surface area contributed by atoms with Crippen molar-refractivity contribution in [1.82, 2.24) is 24.5 Å². The minimum absolute atomic E-state index is 0.215. The van der Waals surface area contributed by atoms with E-state index >= 15 is 0 Å². The molecule has 2 fully saturated rings. The maximum atomic E-state index is 5.90. The van der Waals surface area contributed by atoms with Gasteiger partial charge in [-0.3, -0.25) is 0 Å². The van der Waals surface area contributed by atoms with Gasteiger partial charge in [-0.2, -0.15) is 4.98 Å². The van der Waals surface area contributed by atoms with Crippen molar-refractivity contribution in [3.63, 3.8) is 0 Å². The molecule has 1 aliphatic carbocycles. The molecule has 1 saturated carbocycles. The van der Waals surface area contributed by atoms with Crippen molar-refractivity contribution in [3.8, 4) is 17.3 Å². The molecular formula is C33H35N7O2. The van der Waals surface area contributed by atoms with Crippen LogP contribution in [0.2, 0.25) is 0 Å². The zero-order valence-electron chi connectivity index (χ0n) is 24.0. The fraction of sp³-hybridized carbons (Fsp3) is 0.333. The average Bonchev–Trinajstić information content (AvgIpc) is 3.81. The molecule has 0 bridgehead atoms. The molecule has 0 unspecified atom stereocenters. The van der Waals surface area contributed by atoms with Gasteiger partial charge in [0, 0.05) is 36.3 Å². The van der Waals surface area contributed by atoms with E-state index in [0.717, 1.165) is 52.7 Å². The van der Waals surface area contributed by atoms with Gasteiger partial charge in [0.2, 0.25) is 5.88 Å². The maximum absolute atomic E-state index is 5.90. The van der Waals surface area contributed by atoms with Crippen LogP contribution in [0.3, 0.4) is 0 Å². The van der Waals surface area contributed by atoms with Crippen LogP contribution in [0.25, 0.3) is 22.6 Å². The Hall–Kier alpha value is -4.50. The predicted molar refractivity (Wildman–Crippen MR) is 164 cm³/mol. The molecule has 3 aromatic heterocycles. The van der Waals surface area contributed by atoms with Crippen molar-refractivity contribution < 1.29 is 9.47 Å². The third-order valence-electron chi connectivity index (χ3n) is 7.87. The zero-order chi connectivity index (χ0) is 28.5. The monoisotopic (exact) mass is 561 g/mol. The topological polar surface area (TPSA) is 90.2 Å². The van der Waals surface area contributed by atoms with Crippen LogP contribution in [0.15, 0.2) is 72.8 Å². The second-order valence-electron chi connectivity index (χ2n) is 11.0. The van der Waals surface area contributed by atoms with E-state index in [1.165, 1.54) is 12.8 Å². The summed E-state index contributed by atoms with van der Waals surface area (Å²) in [4.78, 5) is 22.3. The zero-order valence-corrected chi connectivity index (χ0v) is 24.0. The standard InChI is InChI=1S/C33H35N7O2/c1-3-39-31(25-12-13-25)36-29-32(39)37-30(38-33(29)40-18-19-41-20-22(40)2)24-14-16-26(17-15-24)34-27-10-7-11-28(35-27)42-21-23-8-5-4-6-9-23/h4-11,14-17,22,25H,3,12-13,18-21H2,1-2H3,(H,34,35)/t22-/m0/s1. The molecule has 9 nitrogen and oxygen atoms in total. The molecule has 1 saturated heterocycles. The van der Waals surface area contributed by atoms with Crippen LogP contribution >= 0.6 is 0 Å². The first-order valence-electron chi connectivity index (χ1n) is 14.8. The first-order valence-corrected chi connectivity index (χ1v) is 14.8. The SMILES string of the molecule is CCn1c(C2CC2)nc2c(N3CCOC[C@@H]3C)nc(-c3ccc(Nc4cccc(OCc5ccccc5)n4)cc3)nc21. The third-order valence-corrected chi connectivity index (χ3v) is 7.87. The lowest BCUT2D eigenvalue weighted by Gasteiger charge is -2.34.